The summed E-state index contributed by atoms with van der Waals surface area (Å²) in [5, 5.41) is 5.75. The Morgan fingerprint density at radius 3 is 2.74 bits per heavy atom. The molecule has 5 heterocycles. The quantitative estimate of drug-likeness (QED) is 0.242. The van der Waals surface area contributed by atoms with Gasteiger partial charge in [-0.25, -0.2) is 19.9 Å². The molecule has 1 unspecified atom stereocenters. The average molecular weight is 575 g/mol. The molecule has 1 atom stereocenters. The van der Waals surface area contributed by atoms with E-state index >= 15 is 0 Å². The van der Waals surface area contributed by atoms with Gasteiger partial charge in [-0.2, -0.15) is 13.2 Å². The molecule has 4 aromatic heterocycles. The second-order valence-corrected chi connectivity index (χ2v) is 9.78. The molecule has 0 spiro atoms. The van der Waals surface area contributed by atoms with E-state index < -0.39 is 17.6 Å². The van der Waals surface area contributed by atoms with Crippen molar-refractivity contribution < 1.29 is 22.7 Å². The fourth-order valence-electron chi connectivity index (χ4n) is 4.79. The van der Waals surface area contributed by atoms with Crippen LogP contribution in [-0.2, 0) is 10.9 Å². The van der Waals surface area contributed by atoms with E-state index in [1.807, 2.05) is 10.6 Å². The maximum Gasteiger partial charge on any atom is 0.416 e. The van der Waals surface area contributed by atoms with Crippen LogP contribution in [0.4, 0.5) is 30.4 Å². The fraction of sp³-hybridized carbons (Fsp3) is 0.241. The van der Waals surface area contributed by atoms with Crippen LogP contribution in [0.3, 0.4) is 0 Å². The number of imidazole rings is 1. The Kier molecular flexibility index (Phi) is 7.25. The summed E-state index contributed by atoms with van der Waals surface area (Å²) in [5.74, 6) is -0.166. The first-order valence-corrected chi connectivity index (χ1v) is 13.2. The Hall–Kier alpha value is -4.91. The van der Waals surface area contributed by atoms with Crippen molar-refractivity contribution >= 4 is 34.3 Å². The van der Waals surface area contributed by atoms with Gasteiger partial charge in [0.1, 0.15) is 29.6 Å². The van der Waals surface area contributed by atoms with E-state index in [0.717, 1.165) is 31.4 Å². The van der Waals surface area contributed by atoms with Crippen molar-refractivity contribution in [3.8, 4) is 11.3 Å². The summed E-state index contributed by atoms with van der Waals surface area (Å²) in [6.07, 6.45) is 4.44. The Balaban J connectivity index is 1.29. The lowest BCUT2D eigenvalue weighted by molar-refractivity contribution is -0.137. The monoisotopic (exact) mass is 574 g/mol. The molecule has 0 saturated carbocycles. The number of rotatable bonds is 6. The number of ether oxygens (including phenoxy) is 1. The second-order valence-electron chi connectivity index (χ2n) is 9.78. The zero-order valence-corrected chi connectivity index (χ0v) is 22.4. The smallest absolute Gasteiger partial charge is 0.358 e. The van der Waals surface area contributed by atoms with Crippen LogP contribution in [0.2, 0.25) is 0 Å². The van der Waals surface area contributed by atoms with Gasteiger partial charge < -0.3 is 15.4 Å². The highest BCUT2D eigenvalue weighted by molar-refractivity contribution is 6.05. The summed E-state index contributed by atoms with van der Waals surface area (Å²) in [7, 11) is 0. The molecule has 1 amide bonds. The molecule has 42 heavy (non-hydrogen) atoms. The van der Waals surface area contributed by atoms with Crippen molar-refractivity contribution in [3.63, 3.8) is 0 Å². The van der Waals surface area contributed by atoms with Crippen molar-refractivity contribution in [2.75, 3.05) is 17.2 Å². The topological polar surface area (TPSA) is 120 Å². The molecule has 6 rings (SSSR count). The van der Waals surface area contributed by atoms with Crippen LogP contribution in [0.1, 0.15) is 47.1 Å². The molecule has 0 aliphatic carbocycles. The van der Waals surface area contributed by atoms with E-state index in [2.05, 4.69) is 35.6 Å². The second kappa shape index (κ2) is 11.2. The van der Waals surface area contributed by atoms with E-state index in [4.69, 9.17) is 4.74 Å². The summed E-state index contributed by atoms with van der Waals surface area (Å²) in [6, 6.07) is 9.63. The Labute approximate surface area is 238 Å². The van der Waals surface area contributed by atoms with Gasteiger partial charge in [-0.15, -0.1) is 0 Å². The average Bonchev–Trinajstić information content (AvgIpc) is 3.43. The standard InChI is InChI=1S/C29H25F3N8O2/c1-17-22(12-18(14-34-17)28(41)38-20-7-4-6-19(13-20)29(30,31)32)39-26-21(8-5-10-33-26)24-25-27(36-15-35-24)40(16-37-25)23-9-2-3-11-42-23/h4-8,10,12-16,23H,2-3,9,11H2,1H3,(H,33,39)(H,38,41). The minimum Gasteiger partial charge on any atom is -0.358 e. The number of fused-ring (bicyclic) bond motifs is 1. The number of halogens is 3. The number of hydrogen-bond donors (Lipinski definition) is 2. The third-order valence-corrected chi connectivity index (χ3v) is 6.94. The van der Waals surface area contributed by atoms with Crippen molar-refractivity contribution in [1.82, 2.24) is 29.5 Å². The molecular weight excluding hydrogens is 549 g/mol. The largest absolute Gasteiger partial charge is 0.416 e. The summed E-state index contributed by atoms with van der Waals surface area (Å²) in [5.41, 5.74) is 2.82. The fourth-order valence-corrected chi connectivity index (χ4v) is 4.79. The van der Waals surface area contributed by atoms with E-state index in [0.29, 0.717) is 46.2 Å². The highest BCUT2D eigenvalue weighted by atomic mass is 19.4. The Morgan fingerprint density at radius 2 is 1.93 bits per heavy atom. The number of hydrogen-bond acceptors (Lipinski definition) is 8. The molecule has 1 fully saturated rings. The lowest BCUT2D eigenvalue weighted by Crippen LogP contribution is -2.17. The zero-order chi connectivity index (χ0) is 29.3. The van der Waals surface area contributed by atoms with Gasteiger partial charge in [0.25, 0.3) is 5.91 Å². The summed E-state index contributed by atoms with van der Waals surface area (Å²) in [4.78, 5) is 35.3. The van der Waals surface area contributed by atoms with Crippen molar-refractivity contribution in [3.05, 3.63) is 84.3 Å². The number of pyridine rings is 2. The molecule has 13 heteroatoms. The molecule has 1 aliphatic heterocycles. The first-order chi connectivity index (χ1) is 20.3. The Bertz CT molecular complexity index is 1770. The van der Waals surface area contributed by atoms with E-state index in [9.17, 15) is 18.0 Å². The zero-order valence-electron chi connectivity index (χ0n) is 22.4. The van der Waals surface area contributed by atoms with Gasteiger partial charge in [-0.05, 0) is 62.6 Å². The number of benzene rings is 1. The number of nitrogens with zero attached hydrogens (tertiary/aromatic N) is 6. The first-order valence-electron chi connectivity index (χ1n) is 13.2. The molecule has 5 aromatic rings. The van der Waals surface area contributed by atoms with E-state index in [-0.39, 0.29) is 17.5 Å². The van der Waals surface area contributed by atoms with Crippen LogP contribution in [0, 0.1) is 6.92 Å². The summed E-state index contributed by atoms with van der Waals surface area (Å²) in [6.45, 7) is 2.44. The summed E-state index contributed by atoms with van der Waals surface area (Å²) >= 11 is 0. The van der Waals surface area contributed by atoms with Gasteiger partial charge >= 0.3 is 6.18 Å². The lowest BCUT2D eigenvalue weighted by atomic mass is 10.1. The molecule has 1 aliphatic rings. The molecule has 0 radical (unpaired) electrons. The number of alkyl halides is 3. The number of anilines is 3. The number of aromatic nitrogens is 6. The van der Waals surface area contributed by atoms with Gasteiger partial charge in [-0.3, -0.25) is 14.3 Å². The number of carbonyl (C=O) groups excluding carboxylic acids is 1. The maximum absolute atomic E-state index is 13.1. The third-order valence-electron chi connectivity index (χ3n) is 6.94. The van der Waals surface area contributed by atoms with Gasteiger partial charge in [0.05, 0.1) is 28.8 Å². The van der Waals surface area contributed by atoms with Gasteiger partial charge in [0.15, 0.2) is 5.65 Å². The SMILES string of the molecule is Cc1ncc(C(=O)Nc2cccc(C(F)(F)F)c2)cc1Nc1ncccc1-c1ncnc2c1ncn2C1CCCCO1. The van der Waals surface area contributed by atoms with Crippen molar-refractivity contribution in [2.24, 2.45) is 0 Å². The van der Waals surface area contributed by atoms with Gasteiger partial charge in [-0.1, -0.05) is 6.07 Å². The predicted octanol–water partition coefficient (Wildman–Crippen LogP) is 6.31. The van der Waals surface area contributed by atoms with Crippen LogP contribution in [0.5, 0.6) is 0 Å². The maximum atomic E-state index is 13.1. The van der Waals surface area contributed by atoms with Crippen molar-refractivity contribution in [1.29, 1.82) is 0 Å². The number of aryl methyl sites for hydroxylation is 1. The van der Waals surface area contributed by atoms with Crippen LogP contribution >= 0.6 is 0 Å². The van der Waals surface area contributed by atoms with E-state index in [1.165, 1.54) is 24.7 Å². The molecule has 10 nitrogen and oxygen atoms in total. The van der Waals surface area contributed by atoms with Crippen LogP contribution in [0.15, 0.2) is 67.5 Å². The molecule has 1 aromatic carbocycles. The number of amides is 1. The van der Waals surface area contributed by atoms with Gasteiger partial charge in [0, 0.05) is 30.3 Å². The number of nitrogens with one attached hydrogen (secondary N) is 2. The lowest BCUT2D eigenvalue weighted by Gasteiger charge is -2.23. The summed E-state index contributed by atoms with van der Waals surface area (Å²) < 4.78 is 47.2. The third kappa shape index (κ3) is 5.50. The van der Waals surface area contributed by atoms with Crippen LogP contribution in [-0.4, -0.2) is 42.0 Å². The first kappa shape index (κ1) is 27.3. The van der Waals surface area contributed by atoms with Crippen molar-refractivity contribution in [2.45, 2.75) is 38.6 Å². The molecule has 1 saturated heterocycles. The van der Waals surface area contributed by atoms with Gasteiger partial charge in [0.2, 0.25) is 0 Å². The van der Waals surface area contributed by atoms with E-state index in [1.54, 1.807) is 31.6 Å². The van der Waals surface area contributed by atoms with Crippen LogP contribution in [0.25, 0.3) is 22.4 Å². The molecule has 2 N–H and O–H groups in total. The normalized spacial score (nSPS) is 15.5. The van der Waals surface area contributed by atoms with Crippen LogP contribution < -0.4 is 10.6 Å². The molecule has 214 valence electrons. The molecular formula is C29H25F3N8O2. The highest BCUT2D eigenvalue weighted by Crippen LogP contribution is 2.34. The minimum absolute atomic E-state index is 0.0164. The molecule has 0 bridgehead atoms. The highest BCUT2D eigenvalue weighted by Gasteiger charge is 2.30. The number of carbonyl (C=O) groups is 1. The predicted molar refractivity (Wildman–Crippen MR) is 149 cm³/mol. The minimum atomic E-state index is -4.53. The Morgan fingerprint density at radius 1 is 1.05 bits per heavy atom.